The number of carbonyl (C=O) groups excluding carboxylic acids is 3. The van der Waals surface area contributed by atoms with Gasteiger partial charge in [0.05, 0.1) is 29.6 Å². The second kappa shape index (κ2) is 19.2. The molecule has 1 saturated carbocycles. The predicted octanol–water partition coefficient (Wildman–Crippen LogP) is 6.43. The molecule has 4 saturated heterocycles. The molecule has 0 spiro atoms. The van der Waals surface area contributed by atoms with E-state index >= 15 is 4.39 Å². The van der Waals surface area contributed by atoms with Crippen LogP contribution < -0.4 is 20.7 Å². The summed E-state index contributed by atoms with van der Waals surface area (Å²) in [7, 11) is 0. The number of nitrogens with zero attached hydrogens (tertiary/aromatic N) is 9. The molecule has 6 aliphatic rings. The summed E-state index contributed by atoms with van der Waals surface area (Å²) in [4.78, 5) is 77.8. The zero-order valence-electron chi connectivity index (χ0n) is 39.3. The summed E-state index contributed by atoms with van der Waals surface area (Å²) in [6.45, 7) is 17.6. The Hall–Kier alpha value is -5.54. The van der Waals surface area contributed by atoms with Crippen LogP contribution in [0.2, 0.25) is 0 Å². The molecule has 5 aliphatic heterocycles. The van der Waals surface area contributed by atoms with Gasteiger partial charge in [0.2, 0.25) is 5.91 Å². The van der Waals surface area contributed by atoms with Gasteiger partial charge in [-0.15, -0.1) is 0 Å². The van der Waals surface area contributed by atoms with Crippen LogP contribution in [0.1, 0.15) is 127 Å². The van der Waals surface area contributed by atoms with E-state index in [1.807, 2.05) is 19.2 Å². The standard InChI is InChI=1S/C52H65FN10O4/c1-33-8-11-45(50(65)56-33)62-32-38-27-46(44(53)29-42(38)51(62)66)61-18-14-37(15-19-61)26-36-12-16-58(17-13-36)20-21-59-22-24-60(25-23-59)41-10-9-39(54-30-41)28-47-55-31-43-34(2)48(35(3)64)52(67)63(49(43)57-47)40-6-4-5-7-40/h9-10,27,29-31,36-37,40,45H,1,4-8,11-26,28,32H2,2-3H3,(H,56,65). The predicted molar refractivity (Wildman–Crippen MR) is 257 cm³/mol. The number of Topliss-reactive ketones (excluding diaryl/α,β-unsaturated/α-hetero) is 1. The number of pyridine rings is 2. The minimum Gasteiger partial charge on any atom is -0.369 e. The first-order valence-electron chi connectivity index (χ1n) is 24.9. The molecular formula is C52H65FN10O4. The van der Waals surface area contributed by atoms with Crippen molar-refractivity contribution in [3.63, 3.8) is 0 Å². The Labute approximate surface area is 392 Å². The Bertz CT molecular complexity index is 2600. The van der Waals surface area contributed by atoms with Gasteiger partial charge in [0, 0.05) is 93.5 Å². The van der Waals surface area contributed by atoms with Gasteiger partial charge in [0.1, 0.15) is 23.3 Å². The van der Waals surface area contributed by atoms with Crippen LogP contribution in [0.25, 0.3) is 11.0 Å². The summed E-state index contributed by atoms with van der Waals surface area (Å²) in [5.41, 5.74) is 5.72. The zero-order chi connectivity index (χ0) is 46.3. The van der Waals surface area contributed by atoms with Crippen molar-refractivity contribution in [3.05, 3.63) is 98.9 Å². The highest BCUT2D eigenvalue weighted by molar-refractivity contribution is 6.02. The Morgan fingerprint density at radius 3 is 2.21 bits per heavy atom. The second-order valence-corrected chi connectivity index (χ2v) is 20.2. The van der Waals surface area contributed by atoms with Crippen molar-refractivity contribution in [1.29, 1.82) is 0 Å². The summed E-state index contributed by atoms with van der Waals surface area (Å²) >= 11 is 0. The molecule has 1 atom stereocenters. The number of likely N-dealkylation sites (tertiary alicyclic amines) is 1. The molecule has 15 heteroatoms. The lowest BCUT2D eigenvalue weighted by molar-refractivity contribution is -0.126. The monoisotopic (exact) mass is 913 g/mol. The molecule has 14 nitrogen and oxygen atoms in total. The van der Waals surface area contributed by atoms with Gasteiger partial charge in [-0.1, -0.05) is 19.4 Å². The number of carbonyl (C=O) groups is 3. The van der Waals surface area contributed by atoms with Crippen molar-refractivity contribution in [1.82, 2.24) is 39.5 Å². The van der Waals surface area contributed by atoms with Gasteiger partial charge >= 0.3 is 0 Å². The fraction of sp³-hybridized carbons (Fsp3) is 0.558. The maximum atomic E-state index is 15.5. The lowest BCUT2D eigenvalue weighted by Crippen LogP contribution is -2.49. The van der Waals surface area contributed by atoms with Gasteiger partial charge in [-0.25, -0.2) is 14.4 Å². The number of ketones is 1. The number of aryl methyl sites for hydroxylation is 1. The third kappa shape index (κ3) is 9.37. The molecule has 5 fully saturated rings. The highest BCUT2D eigenvalue weighted by Crippen LogP contribution is 2.37. The number of piperidine rings is 3. The normalized spacial score (nSPS) is 21.7. The van der Waals surface area contributed by atoms with Crippen LogP contribution in [0.15, 0.2) is 53.7 Å². The number of piperazine rings is 1. The largest absolute Gasteiger partial charge is 0.369 e. The van der Waals surface area contributed by atoms with Gasteiger partial charge in [-0.2, -0.15) is 0 Å². The number of nitrogens with one attached hydrogen (secondary N) is 1. The maximum Gasteiger partial charge on any atom is 0.263 e. The molecule has 1 N–H and O–H groups in total. The van der Waals surface area contributed by atoms with E-state index in [4.69, 9.17) is 9.97 Å². The van der Waals surface area contributed by atoms with Crippen molar-refractivity contribution in [2.45, 2.75) is 110 Å². The molecule has 2 amide bonds. The molecule has 0 radical (unpaired) electrons. The van der Waals surface area contributed by atoms with E-state index in [2.05, 4.69) is 48.6 Å². The third-order valence-corrected chi connectivity index (χ3v) is 16.0. The smallest absolute Gasteiger partial charge is 0.263 e. The highest BCUT2D eigenvalue weighted by atomic mass is 19.1. The van der Waals surface area contributed by atoms with E-state index in [1.165, 1.54) is 32.3 Å². The van der Waals surface area contributed by atoms with E-state index in [0.717, 1.165) is 132 Å². The molecule has 10 rings (SSSR count). The number of allylic oxidation sites excluding steroid dienone is 1. The summed E-state index contributed by atoms with van der Waals surface area (Å²) in [5.74, 6) is 0.965. The molecule has 1 unspecified atom stereocenters. The van der Waals surface area contributed by atoms with Gasteiger partial charge in [-0.05, 0) is 132 Å². The Kier molecular flexibility index (Phi) is 13.0. The number of amides is 2. The molecule has 4 aromatic rings. The average molecular weight is 913 g/mol. The van der Waals surface area contributed by atoms with E-state index in [1.54, 1.807) is 15.7 Å². The van der Waals surface area contributed by atoms with Crippen molar-refractivity contribution in [3.8, 4) is 0 Å². The molecule has 0 bridgehead atoms. The number of halogens is 1. The molecule has 1 aromatic carbocycles. The van der Waals surface area contributed by atoms with E-state index < -0.39 is 6.04 Å². The van der Waals surface area contributed by atoms with Crippen LogP contribution in [0.5, 0.6) is 0 Å². The number of hydrogen-bond acceptors (Lipinski definition) is 11. The Morgan fingerprint density at radius 2 is 1.54 bits per heavy atom. The molecular weight excluding hydrogens is 848 g/mol. The van der Waals surface area contributed by atoms with Crippen LogP contribution in [0.4, 0.5) is 15.8 Å². The summed E-state index contributed by atoms with van der Waals surface area (Å²) < 4.78 is 17.3. The van der Waals surface area contributed by atoms with Gasteiger partial charge < -0.3 is 24.9 Å². The van der Waals surface area contributed by atoms with E-state index in [-0.39, 0.29) is 40.6 Å². The van der Waals surface area contributed by atoms with Crippen LogP contribution >= 0.6 is 0 Å². The molecule has 1 aliphatic carbocycles. The van der Waals surface area contributed by atoms with Crippen LogP contribution in [-0.4, -0.2) is 123 Å². The zero-order valence-corrected chi connectivity index (χ0v) is 39.3. The maximum absolute atomic E-state index is 15.5. The fourth-order valence-corrected chi connectivity index (χ4v) is 12.0. The van der Waals surface area contributed by atoms with E-state index in [9.17, 15) is 19.2 Å². The minimum absolute atomic E-state index is 0.0478. The van der Waals surface area contributed by atoms with E-state index in [0.29, 0.717) is 65.7 Å². The number of aromatic nitrogens is 4. The lowest BCUT2D eigenvalue weighted by Gasteiger charge is -2.39. The summed E-state index contributed by atoms with van der Waals surface area (Å²) in [6.07, 6.45) is 15.2. The van der Waals surface area contributed by atoms with Crippen molar-refractivity contribution in [2.24, 2.45) is 11.8 Å². The number of hydrogen-bond donors (Lipinski definition) is 1. The molecule has 8 heterocycles. The van der Waals surface area contributed by atoms with Crippen LogP contribution in [-0.2, 0) is 17.8 Å². The molecule has 3 aromatic heterocycles. The Morgan fingerprint density at radius 1 is 0.836 bits per heavy atom. The highest BCUT2D eigenvalue weighted by Gasteiger charge is 2.39. The van der Waals surface area contributed by atoms with Crippen LogP contribution in [0.3, 0.4) is 0 Å². The topological polar surface area (TPSA) is 140 Å². The number of benzene rings is 1. The fourth-order valence-electron chi connectivity index (χ4n) is 12.0. The second-order valence-electron chi connectivity index (χ2n) is 20.2. The van der Waals surface area contributed by atoms with Crippen molar-refractivity contribution >= 4 is 40.0 Å². The third-order valence-electron chi connectivity index (χ3n) is 16.0. The van der Waals surface area contributed by atoms with Gasteiger partial charge in [0.15, 0.2) is 5.78 Å². The number of anilines is 2. The first-order valence-corrected chi connectivity index (χ1v) is 24.9. The van der Waals surface area contributed by atoms with Gasteiger partial charge in [0.25, 0.3) is 11.5 Å². The van der Waals surface area contributed by atoms with Gasteiger partial charge in [-0.3, -0.25) is 33.6 Å². The SMILES string of the molecule is C=C1CCC(N2Cc3cc(N4CCC(CC5CCN(CCN6CCN(c7ccc(Cc8ncc9c(C)c(C(C)=O)c(=O)n(C%10CCCC%10)c9n8)nc7)CC6)CC5)CC4)c(F)cc3C2=O)C(=O)N1. The minimum atomic E-state index is -0.549. The first kappa shape index (κ1) is 45.3. The van der Waals surface area contributed by atoms with Crippen molar-refractivity contribution in [2.75, 3.05) is 75.2 Å². The first-order chi connectivity index (χ1) is 32.5. The van der Waals surface area contributed by atoms with Crippen LogP contribution in [0, 0.1) is 24.6 Å². The lowest BCUT2D eigenvalue weighted by atomic mass is 9.82. The average Bonchev–Trinajstić information content (AvgIpc) is 3.97. The number of rotatable bonds is 12. The quantitative estimate of drug-likeness (QED) is 0.157. The Balaban J connectivity index is 0.646. The number of fused-ring (bicyclic) bond motifs is 2. The summed E-state index contributed by atoms with van der Waals surface area (Å²) in [6, 6.07) is 6.95. The molecule has 354 valence electrons. The molecule has 67 heavy (non-hydrogen) atoms. The summed E-state index contributed by atoms with van der Waals surface area (Å²) in [5, 5.41) is 3.54. The van der Waals surface area contributed by atoms with Crippen molar-refractivity contribution < 1.29 is 18.8 Å².